The molecule has 0 unspecified atom stereocenters. The summed E-state index contributed by atoms with van der Waals surface area (Å²) >= 11 is 3.02. The third-order valence-corrected chi connectivity index (χ3v) is 3.28. The van der Waals surface area contributed by atoms with Gasteiger partial charge in [-0.3, -0.25) is 4.79 Å². The molecule has 0 bridgehead atoms. The van der Waals surface area contributed by atoms with Crippen molar-refractivity contribution >= 4 is 28.1 Å². The lowest BCUT2D eigenvalue weighted by atomic mass is 10.2. The van der Waals surface area contributed by atoms with Gasteiger partial charge in [0.15, 0.2) is 0 Å². The van der Waals surface area contributed by atoms with E-state index < -0.39 is 23.8 Å². The molecule has 2 aromatic carbocycles. The first-order valence-corrected chi connectivity index (χ1v) is 7.18. The zero-order valence-corrected chi connectivity index (χ0v) is 13.4. The van der Waals surface area contributed by atoms with Crippen LogP contribution in [0.25, 0.3) is 0 Å². The number of benzene rings is 2. The van der Waals surface area contributed by atoms with Gasteiger partial charge in [-0.15, -0.1) is 13.2 Å². The molecule has 0 atom stereocenters. The maximum atomic E-state index is 13.1. The van der Waals surface area contributed by atoms with E-state index in [9.17, 15) is 22.4 Å². The van der Waals surface area contributed by atoms with Crippen LogP contribution >= 0.6 is 15.9 Å². The maximum absolute atomic E-state index is 13.1. The summed E-state index contributed by atoms with van der Waals surface area (Å²) in [6.07, 6.45) is -3.50. The number of rotatable bonds is 4. The summed E-state index contributed by atoms with van der Waals surface area (Å²) in [7, 11) is 0. The zero-order valence-electron chi connectivity index (χ0n) is 11.8. The van der Waals surface area contributed by atoms with Crippen molar-refractivity contribution in [2.75, 3.05) is 0 Å². The van der Waals surface area contributed by atoms with Gasteiger partial charge in [0.25, 0.3) is 5.91 Å². The number of hydrogen-bond acceptors (Lipinski definition) is 3. The highest BCUT2D eigenvalue weighted by Gasteiger charge is 2.31. The van der Waals surface area contributed by atoms with E-state index in [4.69, 9.17) is 0 Å². The first kappa shape index (κ1) is 17.9. The molecule has 126 valence electrons. The van der Waals surface area contributed by atoms with Crippen molar-refractivity contribution in [3.63, 3.8) is 0 Å². The number of ether oxygens (including phenoxy) is 1. The van der Waals surface area contributed by atoms with Gasteiger partial charge in [0, 0.05) is 5.56 Å². The molecule has 0 heterocycles. The topological polar surface area (TPSA) is 50.7 Å². The van der Waals surface area contributed by atoms with Crippen LogP contribution in [0.5, 0.6) is 5.75 Å². The second kappa shape index (κ2) is 7.43. The van der Waals surface area contributed by atoms with E-state index >= 15 is 0 Å². The monoisotopic (exact) mass is 404 g/mol. The molecule has 1 amide bonds. The Balaban J connectivity index is 1.97. The molecule has 1 N–H and O–H groups in total. The number of carbonyl (C=O) groups is 1. The molecule has 0 fully saturated rings. The van der Waals surface area contributed by atoms with Gasteiger partial charge in [-0.05, 0) is 57.9 Å². The summed E-state index contributed by atoms with van der Waals surface area (Å²) in [5.74, 6) is -1.48. The molecular weight excluding hydrogens is 396 g/mol. The van der Waals surface area contributed by atoms with Crippen molar-refractivity contribution in [2.24, 2.45) is 5.10 Å². The minimum absolute atomic E-state index is 0.0990. The molecule has 0 aromatic heterocycles. The minimum Gasteiger partial charge on any atom is -0.406 e. The van der Waals surface area contributed by atoms with Gasteiger partial charge >= 0.3 is 6.36 Å². The van der Waals surface area contributed by atoms with Crippen LogP contribution in [0.3, 0.4) is 0 Å². The van der Waals surface area contributed by atoms with Gasteiger partial charge in [0.05, 0.1) is 10.7 Å². The Hall–Kier alpha value is -2.42. The molecule has 0 radical (unpaired) electrons. The average molecular weight is 405 g/mol. The van der Waals surface area contributed by atoms with E-state index in [1.165, 1.54) is 36.5 Å². The number of hydrazone groups is 1. The molecule has 0 aliphatic heterocycles. The molecule has 0 saturated heterocycles. The summed E-state index contributed by atoms with van der Waals surface area (Å²) in [6.45, 7) is 0. The van der Waals surface area contributed by atoms with Crippen LogP contribution in [-0.4, -0.2) is 18.5 Å². The molecular formula is C15H9BrF4N2O2. The molecule has 0 aliphatic rings. The highest BCUT2D eigenvalue weighted by Crippen LogP contribution is 2.22. The fraction of sp³-hybridized carbons (Fsp3) is 0.0667. The number of nitrogens with zero attached hydrogens (tertiary/aromatic N) is 1. The van der Waals surface area contributed by atoms with Crippen LogP contribution in [0.1, 0.15) is 15.9 Å². The fourth-order valence-electron chi connectivity index (χ4n) is 1.63. The van der Waals surface area contributed by atoms with E-state index in [1.54, 1.807) is 0 Å². The molecule has 0 aliphatic carbocycles. The van der Waals surface area contributed by atoms with Gasteiger partial charge in [-0.2, -0.15) is 5.10 Å². The Morgan fingerprint density at radius 3 is 2.42 bits per heavy atom. The Kier molecular flexibility index (Phi) is 5.55. The van der Waals surface area contributed by atoms with Crippen molar-refractivity contribution in [2.45, 2.75) is 6.36 Å². The quantitative estimate of drug-likeness (QED) is 0.470. The molecule has 9 heteroatoms. The molecule has 2 aromatic rings. The van der Waals surface area contributed by atoms with Gasteiger partial charge < -0.3 is 4.74 Å². The first-order valence-electron chi connectivity index (χ1n) is 6.39. The van der Waals surface area contributed by atoms with Crippen LogP contribution in [0.15, 0.2) is 52.0 Å². The molecule has 0 saturated carbocycles. The Morgan fingerprint density at radius 2 is 1.83 bits per heavy atom. The van der Waals surface area contributed by atoms with Crippen LogP contribution < -0.4 is 10.2 Å². The van der Waals surface area contributed by atoms with E-state index in [0.717, 1.165) is 12.1 Å². The van der Waals surface area contributed by atoms with Crippen molar-refractivity contribution in [3.05, 3.63) is 63.9 Å². The van der Waals surface area contributed by atoms with Crippen LogP contribution in [0.2, 0.25) is 0 Å². The number of halogens is 5. The normalized spacial score (nSPS) is 11.5. The van der Waals surface area contributed by atoms with Crippen molar-refractivity contribution < 1.29 is 27.1 Å². The van der Waals surface area contributed by atoms with Gasteiger partial charge in [-0.25, -0.2) is 9.82 Å². The summed E-state index contributed by atoms with van der Waals surface area (Å²) in [6, 6.07) is 8.52. The number of alkyl halides is 3. The Morgan fingerprint density at radius 1 is 1.17 bits per heavy atom. The maximum Gasteiger partial charge on any atom is 0.573 e. The van der Waals surface area contributed by atoms with E-state index in [1.807, 2.05) is 0 Å². The molecule has 2 rings (SSSR count). The van der Waals surface area contributed by atoms with Gasteiger partial charge in [0.2, 0.25) is 0 Å². The van der Waals surface area contributed by atoms with E-state index in [0.29, 0.717) is 5.56 Å². The third-order valence-electron chi connectivity index (χ3n) is 2.67. The second-order valence-electron chi connectivity index (χ2n) is 4.44. The molecule has 4 nitrogen and oxygen atoms in total. The smallest absolute Gasteiger partial charge is 0.406 e. The standard InChI is InChI=1S/C15H9BrF4N2O2/c16-12-7-9(1-6-13(12)17)8-21-22-14(23)10-2-4-11(5-3-10)24-15(18,19)20/h1-8H,(H,22,23). The summed E-state index contributed by atoms with van der Waals surface area (Å²) in [5, 5.41) is 3.69. The van der Waals surface area contributed by atoms with Crippen molar-refractivity contribution in [3.8, 4) is 5.75 Å². The second-order valence-corrected chi connectivity index (χ2v) is 5.30. The summed E-state index contributed by atoms with van der Waals surface area (Å²) in [4.78, 5) is 11.8. The van der Waals surface area contributed by atoms with Crippen LogP contribution in [-0.2, 0) is 0 Å². The summed E-state index contributed by atoms with van der Waals surface area (Å²) in [5.41, 5.74) is 2.85. The minimum atomic E-state index is -4.79. The fourth-order valence-corrected chi connectivity index (χ4v) is 2.03. The van der Waals surface area contributed by atoms with Crippen molar-refractivity contribution in [1.29, 1.82) is 0 Å². The van der Waals surface area contributed by atoms with E-state index in [2.05, 4.69) is 31.2 Å². The lowest BCUT2D eigenvalue weighted by molar-refractivity contribution is -0.274. The number of carbonyl (C=O) groups excluding carboxylic acids is 1. The summed E-state index contributed by atoms with van der Waals surface area (Å²) < 4.78 is 53.1. The highest BCUT2D eigenvalue weighted by atomic mass is 79.9. The van der Waals surface area contributed by atoms with Crippen LogP contribution in [0, 0.1) is 5.82 Å². The Labute approximate surface area is 142 Å². The Bertz CT molecular complexity index is 761. The van der Waals surface area contributed by atoms with Gasteiger partial charge in [-0.1, -0.05) is 6.07 Å². The average Bonchev–Trinajstić information content (AvgIpc) is 2.50. The van der Waals surface area contributed by atoms with Crippen molar-refractivity contribution in [1.82, 2.24) is 5.43 Å². The predicted molar refractivity (Wildman–Crippen MR) is 82.3 cm³/mol. The van der Waals surface area contributed by atoms with E-state index in [-0.39, 0.29) is 10.0 Å². The largest absolute Gasteiger partial charge is 0.573 e. The van der Waals surface area contributed by atoms with Gasteiger partial charge in [0.1, 0.15) is 11.6 Å². The predicted octanol–water partition coefficient (Wildman–Crippen LogP) is 4.25. The number of hydrogen-bond donors (Lipinski definition) is 1. The van der Waals surface area contributed by atoms with Crippen LogP contribution in [0.4, 0.5) is 17.6 Å². The third kappa shape index (κ3) is 5.34. The highest BCUT2D eigenvalue weighted by molar-refractivity contribution is 9.10. The number of nitrogens with one attached hydrogen (secondary N) is 1. The number of amides is 1. The molecule has 0 spiro atoms. The zero-order chi connectivity index (χ0) is 17.7. The lowest BCUT2D eigenvalue weighted by Crippen LogP contribution is -2.19. The first-order chi connectivity index (χ1) is 11.2. The SMILES string of the molecule is O=C(NN=Cc1ccc(F)c(Br)c1)c1ccc(OC(F)(F)F)cc1. The lowest BCUT2D eigenvalue weighted by Gasteiger charge is -2.08. The molecule has 24 heavy (non-hydrogen) atoms.